The number of aliphatic imine (C=N–C) groups is 1. The Morgan fingerprint density at radius 3 is 2.71 bits per heavy atom. The molecule has 0 saturated carbocycles. The zero-order chi connectivity index (χ0) is 24.6. The quantitative estimate of drug-likeness (QED) is 0.584. The number of fused-ring (bicyclic) bond motifs is 1. The van der Waals surface area contributed by atoms with Gasteiger partial charge in [-0.05, 0) is 54.9 Å². The molecular weight excluding hydrogens is 524 g/mol. The highest BCUT2D eigenvalue weighted by atomic mass is 79.9. The van der Waals surface area contributed by atoms with Crippen LogP contribution in [0.15, 0.2) is 45.9 Å². The molecule has 2 aromatic carbocycles. The highest BCUT2D eigenvalue weighted by Gasteiger charge is 2.33. The molecule has 0 aromatic heterocycles. The second kappa shape index (κ2) is 9.65. The van der Waals surface area contributed by atoms with Gasteiger partial charge in [-0.3, -0.25) is 9.79 Å². The number of benzene rings is 2. The van der Waals surface area contributed by atoms with E-state index in [1.165, 1.54) is 0 Å². The number of benzodiazepines with no additional fused rings is 1. The first-order valence-corrected chi connectivity index (χ1v) is 12.0. The number of carbonyl (C=O) groups excluding carboxylic acids is 2. The van der Waals surface area contributed by atoms with Crippen molar-refractivity contribution in [2.75, 3.05) is 30.4 Å². The summed E-state index contributed by atoms with van der Waals surface area (Å²) in [5, 5.41) is 6.19. The Morgan fingerprint density at radius 2 is 2.03 bits per heavy atom. The Morgan fingerprint density at radius 1 is 1.29 bits per heavy atom. The zero-order valence-electron chi connectivity index (χ0n) is 19.3. The fourth-order valence-electron chi connectivity index (χ4n) is 3.97. The van der Waals surface area contributed by atoms with Crippen molar-refractivity contribution in [2.24, 2.45) is 4.99 Å². The molecule has 2 N–H and O–H groups in total. The maximum Gasteiger partial charge on any atom is 0.319 e. The third-order valence-electron chi connectivity index (χ3n) is 5.66. The zero-order valence-corrected chi connectivity index (χ0v) is 21.7. The molecule has 8 nitrogen and oxygen atoms in total. The van der Waals surface area contributed by atoms with Crippen LogP contribution in [0.1, 0.15) is 31.9 Å². The smallest absolute Gasteiger partial charge is 0.319 e. The maximum absolute atomic E-state index is 12.9. The van der Waals surface area contributed by atoms with Gasteiger partial charge in [0.05, 0.1) is 28.2 Å². The first kappa shape index (κ1) is 24.7. The lowest BCUT2D eigenvalue weighted by atomic mass is 9.99. The molecule has 0 bridgehead atoms. The number of nitrogens with zero attached hydrogens (tertiary/aromatic N) is 2. The maximum atomic E-state index is 12.9. The van der Waals surface area contributed by atoms with E-state index in [2.05, 4.69) is 26.6 Å². The van der Waals surface area contributed by atoms with Gasteiger partial charge < -0.3 is 25.0 Å². The van der Waals surface area contributed by atoms with Gasteiger partial charge in [0, 0.05) is 29.7 Å². The van der Waals surface area contributed by atoms with E-state index in [0.29, 0.717) is 50.9 Å². The minimum atomic E-state index is -0.655. The van der Waals surface area contributed by atoms with Gasteiger partial charge in [-0.1, -0.05) is 29.8 Å². The summed E-state index contributed by atoms with van der Waals surface area (Å²) in [5.74, 6) is -0.798. The third-order valence-corrected chi connectivity index (χ3v) is 6.82. The molecule has 10 heteroatoms. The van der Waals surface area contributed by atoms with Gasteiger partial charge in [-0.15, -0.1) is 0 Å². The van der Waals surface area contributed by atoms with Crippen molar-refractivity contribution in [3.63, 3.8) is 0 Å². The summed E-state index contributed by atoms with van der Waals surface area (Å²) >= 11 is 10.1. The predicted molar refractivity (Wildman–Crippen MR) is 136 cm³/mol. The number of urea groups is 1. The van der Waals surface area contributed by atoms with Crippen molar-refractivity contribution in [3.05, 3.63) is 57.0 Å². The SMILES string of the molecule is C[C@@H]1N=C(c2ccccc2Cl)c2c(ccc(NC(=O)NCC3COC(C)(C)O3)c2Br)N(C)C1=O. The van der Waals surface area contributed by atoms with Crippen LogP contribution < -0.4 is 15.5 Å². The summed E-state index contributed by atoms with van der Waals surface area (Å²) < 4.78 is 11.8. The van der Waals surface area contributed by atoms with Crippen molar-refractivity contribution < 1.29 is 19.1 Å². The number of likely N-dealkylation sites (N-methyl/N-ethyl adjacent to an activating group) is 1. The fourth-order valence-corrected chi connectivity index (χ4v) is 4.82. The Kier molecular flexibility index (Phi) is 7.00. The van der Waals surface area contributed by atoms with Crippen LogP contribution in [0, 0.1) is 0 Å². The van der Waals surface area contributed by atoms with Crippen molar-refractivity contribution in [2.45, 2.75) is 38.7 Å². The van der Waals surface area contributed by atoms with Crippen molar-refractivity contribution in [1.82, 2.24) is 5.32 Å². The Labute approximate surface area is 211 Å². The van der Waals surface area contributed by atoms with Crippen molar-refractivity contribution >= 4 is 56.6 Å². The lowest BCUT2D eigenvalue weighted by Crippen LogP contribution is -2.37. The lowest BCUT2D eigenvalue weighted by Gasteiger charge is -2.22. The molecule has 0 spiro atoms. The number of carbonyl (C=O) groups is 2. The summed E-state index contributed by atoms with van der Waals surface area (Å²) in [6, 6.07) is 9.87. The van der Waals surface area contributed by atoms with Gasteiger partial charge in [0.1, 0.15) is 12.1 Å². The number of halogens is 2. The minimum Gasteiger partial charge on any atom is -0.348 e. The van der Waals surface area contributed by atoms with E-state index in [4.69, 9.17) is 26.1 Å². The largest absolute Gasteiger partial charge is 0.348 e. The summed E-state index contributed by atoms with van der Waals surface area (Å²) in [6.45, 7) is 6.13. The standard InChI is InChI=1S/C24H26BrClN4O4/c1-13-22(31)30(4)18-10-9-17(29-23(32)27-11-14-12-33-24(2,3)34-14)20(25)19(18)21(28-13)15-7-5-6-8-16(15)26/h5-10,13-14H,11-12H2,1-4H3,(H2,27,29,32)/t13-,14?/m0/s1. The number of rotatable bonds is 4. The van der Waals surface area contributed by atoms with E-state index in [1.807, 2.05) is 32.0 Å². The van der Waals surface area contributed by atoms with Crippen LogP contribution in [0.2, 0.25) is 5.02 Å². The number of amides is 3. The van der Waals surface area contributed by atoms with Gasteiger partial charge in [0.2, 0.25) is 0 Å². The van der Waals surface area contributed by atoms with E-state index in [-0.39, 0.29) is 12.0 Å². The van der Waals surface area contributed by atoms with Gasteiger partial charge in [0.25, 0.3) is 5.91 Å². The van der Waals surface area contributed by atoms with E-state index in [1.54, 1.807) is 37.1 Å². The molecule has 1 fully saturated rings. The van der Waals surface area contributed by atoms with E-state index >= 15 is 0 Å². The van der Waals surface area contributed by atoms with Crippen LogP contribution in [0.25, 0.3) is 0 Å². The normalized spacial score (nSPS) is 21.5. The first-order valence-electron chi connectivity index (χ1n) is 10.9. The second-order valence-electron chi connectivity index (χ2n) is 8.64. The highest BCUT2D eigenvalue weighted by molar-refractivity contribution is 9.10. The molecule has 2 heterocycles. The van der Waals surface area contributed by atoms with E-state index in [9.17, 15) is 9.59 Å². The summed E-state index contributed by atoms with van der Waals surface area (Å²) in [4.78, 5) is 31.8. The van der Waals surface area contributed by atoms with Crippen LogP contribution in [-0.4, -0.2) is 55.8 Å². The van der Waals surface area contributed by atoms with Crippen LogP contribution in [-0.2, 0) is 14.3 Å². The van der Waals surface area contributed by atoms with Crippen LogP contribution in [0.5, 0.6) is 0 Å². The van der Waals surface area contributed by atoms with Gasteiger partial charge in [0.15, 0.2) is 5.79 Å². The third kappa shape index (κ3) is 4.98. The second-order valence-corrected chi connectivity index (χ2v) is 9.84. The molecule has 4 rings (SSSR count). The Hall–Kier alpha value is -2.46. The molecular formula is C24H26BrClN4O4. The molecule has 2 atom stereocenters. The highest BCUT2D eigenvalue weighted by Crippen LogP contribution is 2.39. The minimum absolute atomic E-state index is 0.143. The molecule has 2 aromatic rings. The number of hydrogen-bond donors (Lipinski definition) is 2. The van der Waals surface area contributed by atoms with Crippen LogP contribution in [0.3, 0.4) is 0 Å². The molecule has 180 valence electrons. The van der Waals surface area contributed by atoms with E-state index < -0.39 is 17.9 Å². The Bertz CT molecular complexity index is 1170. The molecule has 34 heavy (non-hydrogen) atoms. The molecule has 2 aliphatic rings. The summed E-state index contributed by atoms with van der Waals surface area (Å²) in [7, 11) is 1.71. The average molecular weight is 550 g/mol. The van der Waals surface area contributed by atoms with Gasteiger partial charge in [-0.25, -0.2) is 4.79 Å². The number of anilines is 2. The fraction of sp³-hybridized carbons (Fsp3) is 0.375. The molecule has 1 unspecified atom stereocenters. The van der Waals surface area contributed by atoms with Crippen molar-refractivity contribution in [3.8, 4) is 0 Å². The molecule has 2 aliphatic heterocycles. The van der Waals surface area contributed by atoms with Crippen LogP contribution >= 0.6 is 27.5 Å². The molecule has 0 aliphatic carbocycles. The topological polar surface area (TPSA) is 92.3 Å². The van der Waals surface area contributed by atoms with E-state index in [0.717, 1.165) is 0 Å². The molecule has 3 amide bonds. The number of nitrogens with one attached hydrogen (secondary N) is 2. The molecule has 0 radical (unpaired) electrons. The first-order chi connectivity index (χ1) is 16.1. The predicted octanol–water partition coefficient (Wildman–Crippen LogP) is 4.58. The summed E-state index contributed by atoms with van der Waals surface area (Å²) in [5.41, 5.74) is 3.12. The van der Waals surface area contributed by atoms with Crippen LogP contribution in [0.4, 0.5) is 16.2 Å². The van der Waals surface area contributed by atoms with Gasteiger partial charge in [-0.2, -0.15) is 0 Å². The number of hydrogen-bond acceptors (Lipinski definition) is 5. The number of ether oxygens (including phenoxy) is 2. The average Bonchev–Trinajstić information content (AvgIpc) is 3.11. The van der Waals surface area contributed by atoms with Gasteiger partial charge >= 0.3 is 6.03 Å². The monoisotopic (exact) mass is 548 g/mol. The summed E-state index contributed by atoms with van der Waals surface area (Å²) in [6.07, 6.45) is -0.226. The molecule has 1 saturated heterocycles. The van der Waals surface area contributed by atoms with Crippen molar-refractivity contribution in [1.29, 1.82) is 0 Å². The lowest BCUT2D eigenvalue weighted by molar-refractivity contribution is -0.137. The Balaban J connectivity index is 1.65.